The van der Waals surface area contributed by atoms with Gasteiger partial charge >= 0.3 is 0 Å². The minimum Gasteiger partial charge on any atom is -0.497 e. The quantitative estimate of drug-likeness (QED) is 0.456. The van der Waals surface area contributed by atoms with Gasteiger partial charge < -0.3 is 9.47 Å². The second-order valence-electron chi connectivity index (χ2n) is 6.89. The lowest BCUT2D eigenvalue weighted by Crippen LogP contribution is -2.37. The van der Waals surface area contributed by atoms with Crippen LogP contribution in [-0.4, -0.2) is 28.0 Å². The van der Waals surface area contributed by atoms with E-state index >= 15 is 0 Å². The molecule has 1 amide bonds. The number of rotatable bonds is 9. The van der Waals surface area contributed by atoms with Crippen molar-refractivity contribution in [3.05, 3.63) is 84.4 Å². The summed E-state index contributed by atoms with van der Waals surface area (Å²) in [6.07, 6.45) is 0.397. The van der Waals surface area contributed by atoms with Crippen LogP contribution in [0.5, 0.6) is 11.5 Å². The Morgan fingerprint density at radius 3 is 2.19 bits per heavy atom. The molecular formula is C24H25NO5S. The van der Waals surface area contributed by atoms with Crippen LogP contribution in [0.4, 0.5) is 5.69 Å². The van der Waals surface area contributed by atoms with Crippen LogP contribution in [0.3, 0.4) is 0 Å². The lowest BCUT2D eigenvalue weighted by atomic mass is 10.2. The number of carbonyl (C=O) groups is 1. The molecule has 0 aliphatic carbocycles. The number of para-hydroxylation sites is 1. The molecular weight excluding hydrogens is 414 g/mol. The highest BCUT2D eigenvalue weighted by Crippen LogP contribution is 2.27. The van der Waals surface area contributed by atoms with Crippen LogP contribution in [0, 0.1) is 6.92 Å². The number of sulfonamides is 1. The van der Waals surface area contributed by atoms with E-state index in [4.69, 9.17) is 9.47 Å². The molecule has 0 aliphatic heterocycles. The van der Waals surface area contributed by atoms with Crippen LogP contribution in [0.1, 0.15) is 18.4 Å². The molecule has 0 fully saturated rings. The Labute approximate surface area is 183 Å². The summed E-state index contributed by atoms with van der Waals surface area (Å²) in [4.78, 5) is 13.1. The average molecular weight is 440 g/mol. The molecule has 7 heteroatoms. The van der Waals surface area contributed by atoms with Gasteiger partial charge in [-0.3, -0.25) is 4.79 Å². The molecule has 0 aliphatic rings. The Morgan fingerprint density at radius 2 is 1.55 bits per heavy atom. The smallest absolute Gasteiger partial charge is 0.270 e. The largest absolute Gasteiger partial charge is 0.497 e. The fraction of sp³-hybridized carbons (Fsp3) is 0.208. The lowest BCUT2D eigenvalue weighted by molar-refractivity contribution is -0.117. The third kappa shape index (κ3) is 5.44. The number of amides is 1. The lowest BCUT2D eigenvalue weighted by Gasteiger charge is -2.23. The summed E-state index contributed by atoms with van der Waals surface area (Å²) < 4.78 is 38.3. The molecule has 0 spiro atoms. The van der Waals surface area contributed by atoms with E-state index in [1.807, 2.05) is 31.2 Å². The number of aryl methyl sites for hydroxylation is 1. The summed E-state index contributed by atoms with van der Waals surface area (Å²) in [7, 11) is -2.55. The summed E-state index contributed by atoms with van der Waals surface area (Å²) in [6.45, 7) is 2.25. The highest BCUT2D eigenvalue weighted by atomic mass is 32.2. The molecule has 0 radical (unpaired) electrons. The minimum atomic E-state index is -4.07. The van der Waals surface area contributed by atoms with E-state index < -0.39 is 15.9 Å². The first-order valence-electron chi connectivity index (χ1n) is 9.89. The predicted molar refractivity (Wildman–Crippen MR) is 120 cm³/mol. The van der Waals surface area contributed by atoms with Crippen molar-refractivity contribution in [2.24, 2.45) is 0 Å². The molecule has 0 unspecified atom stereocenters. The molecule has 3 aromatic carbocycles. The maximum atomic E-state index is 13.3. The Hall–Kier alpha value is -3.32. The number of methoxy groups -OCH3 is 1. The maximum absolute atomic E-state index is 13.3. The molecule has 0 saturated carbocycles. The average Bonchev–Trinajstić information content (AvgIpc) is 2.79. The van der Waals surface area contributed by atoms with Crippen LogP contribution in [-0.2, 0) is 14.8 Å². The van der Waals surface area contributed by atoms with Gasteiger partial charge in [-0.1, -0.05) is 36.4 Å². The second kappa shape index (κ2) is 10.1. The zero-order chi connectivity index (χ0) is 22.3. The Balaban J connectivity index is 1.78. The topological polar surface area (TPSA) is 72.9 Å². The Morgan fingerprint density at radius 1 is 0.903 bits per heavy atom. The van der Waals surface area contributed by atoms with Crippen LogP contribution in [0.25, 0.3) is 0 Å². The van der Waals surface area contributed by atoms with E-state index in [2.05, 4.69) is 0 Å². The summed E-state index contributed by atoms with van der Waals surface area (Å²) in [6, 6.07) is 21.9. The Kier molecular flexibility index (Phi) is 7.31. The van der Waals surface area contributed by atoms with Gasteiger partial charge in [0.25, 0.3) is 10.0 Å². The van der Waals surface area contributed by atoms with Crippen LogP contribution < -0.4 is 13.8 Å². The van der Waals surface area contributed by atoms with Gasteiger partial charge in [0.2, 0.25) is 5.91 Å². The van der Waals surface area contributed by atoms with Crippen LogP contribution in [0.2, 0.25) is 0 Å². The van der Waals surface area contributed by atoms with Gasteiger partial charge in [-0.15, -0.1) is 0 Å². The van der Waals surface area contributed by atoms with E-state index in [0.717, 1.165) is 15.6 Å². The number of carbonyl (C=O) groups excluding carboxylic acids is 1. The van der Waals surface area contributed by atoms with Gasteiger partial charge in [-0.2, -0.15) is 0 Å². The first kappa shape index (κ1) is 22.4. The van der Waals surface area contributed by atoms with Crippen molar-refractivity contribution in [3.63, 3.8) is 0 Å². The number of nitrogens with zero attached hydrogens (tertiary/aromatic N) is 1. The van der Waals surface area contributed by atoms with Crippen LogP contribution >= 0.6 is 0 Å². The molecule has 0 heterocycles. The third-order valence-electron chi connectivity index (χ3n) is 4.70. The Bertz CT molecular complexity index is 1110. The molecule has 162 valence electrons. The molecule has 0 saturated heterocycles. The van der Waals surface area contributed by atoms with E-state index in [0.29, 0.717) is 18.8 Å². The molecule has 0 N–H and O–H groups in total. The standard InChI is InChI=1S/C24H25NO5S/c1-19-9-6-7-12-23(19)30-18-8-13-24(26)25(20-14-16-21(29-2)17-15-20)31(27,28)22-10-4-3-5-11-22/h3-7,9-12,14-17H,8,13,18H2,1-2H3. The third-order valence-corrected chi connectivity index (χ3v) is 6.46. The molecule has 31 heavy (non-hydrogen) atoms. The van der Waals surface area contributed by atoms with Gasteiger partial charge in [0, 0.05) is 6.42 Å². The molecule has 0 bridgehead atoms. The number of hydrogen-bond acceptors (Lipinski definition) is 5. The van der Waals surface area contributed by atoms with Gasteiger partial charge in [0.05, 0.1) is 24.3 Å². The zero-order valence-corrected chi connectivity index (χ0v) is 18.3. The fourth-order valence-electron chi connectivity index (χ4n) is 3.06. The van der Waals surface area contributed by atoms with Crippen LogP contribution in [0.15, 0.2) is 83.8 Å². The van der Waals surface area contributed by atoms with Gasteiger partial charge in [-0.25, -0.2) is 12.7 Å². The second-order valence-corrected chi connectivity index (χ2v) is 8.68. The minimum absolute atomic E-state index is 0.0178. The first-order valence-corrected chi connectivity index (χ1v) is 11.3. The van der Waals surface area contributed by atoms with Crippen molar-refractivity contribution in [2.45, 2.75) is 24.7 Å². The SMILES string of the molecule is COc1ccc(N(C(=O)CCCOc2ccccc2C)S(=O)(=O)c2ccccc2)cc1. The summed E-state index contributed by atoms with van der Waals surface area (Å²) >= 11 is 0. The number of ether oxygens (including phenoxy) is 2. The van der Waals surface area contributed by atoms with Crippen molar-refractivity contribution in [1.29, 1.82) is 0 Å². The van der Waals surface area contributed by atoms with Gasteiger partial charge in [-0.05, 0) is 61.4 Å². The first-order chi connectivity index (χ1) is 14.9. The maximum Gasteiger partial charge on any atom is 0.270 e. The normalized spacial score (nSPS) is 11.0. The van der Waals surface area contributed by atoms with Crippen molar-refractivity contribution in [2.75, 3.05) is 18.0 Å². The van der Waals surface area contributed by atoms with Crippen molar-refractivity contribution in [1.82, 2.24) is 0 Å². The monoisotopic (exact) mass is 439 g/mol. The van der Waals surface area contributed by atoms with E-state index in [9.17, 15) is 13.2 Å². The molecule has 3 aromatic rings. The molecule has 0 aromatic heterocycles. The summed E-state index contributed by atoms with van der Waals surface area (Å²) in [5.74, 6) is 0.793. The number of hydrogen-bond donors (Lipinski definition) is 0. The number of anilines is 1. The predicted octanol–water partition coefficient (Wildman–Crippen LogP) is 4.58. The highest BCUT2D eigenvalue weighted by molar-refractivity contribution is 7.93. The van der Waals surface area contributed by atoms with E-state index in [-0.39, 0.29) is 17.0 Å². The fourth-order valence-corrected chi connectivity index (χ4v) is 4.53. The highest BCUT2D eigenvalue weighted by Gasteiger charge is 2.30. The molecule has 0 atom stereocenters. The number of benzene rings is 3. The van der Waals surface area contributed by atoms with E-state index in [1.165, 1.54) is 19.2 Å². The van der Waals surface area contributed by atoms with Gasteiger partial charge in [0.15, 0.2) is 0 Å². The molecule has 6 nitrogen and oxygen atoms in total. The van der Waals surface area contributed by atoms with E-state index in [1.54, 1.807) is 42.5 Å². The zero-order valence-electron chi connectivity index (χ0n) is 17.5. The molecule has 3 rings (SSSR count). The van der Waals surface area contributed by atoms with Crippen molar-refractivity contribution >= 4 is 21.6 Å². The van der Waals surface area contributed by atoms with Crippen molar-refractivity contribution < 1.29 is 22.7 Å². The summed E-state index contributed by atoms with van der Waals surface area (Å²) in [5, 5.41) is 0. The summed E-state index contributed by atoms with van der Waals surface area (Å²) in [5.41, 5.74) is 1.26. The van der Waals surface area contributed by atoms with Crippen molar-refractivity contribution in [3.8, 4) is 11.5 Å². The van der Waals surface area contributed by atoms with Gasteiger partial charge in [0.1, 0.15) is 11.5 Å².